The molecule has 150 valence electrons. The van der Waals surface area contributed by atoms with Crippen molar-refractivity contribution in [1.82, 2.24) is 5.32 Å². The van der Waals surface area contributed by atoms with E-state index in [9.17, 15) is 9.59 Å². The standard InChI is InChI=1S/C25H28N2O2/c1-19(2)16-17-26-24(28)12-7-13-25(29)27-18-22-10-4-3-8-20(22)14-15-21-9-5-6-11-23(21)27/h3-6,8-11,19H,7,12-13,16-18H2,1-2H3,(H,26,28). The van der Waals surface area contributed by atoms with Gasteiger partial charge in [0, 0.05) is 30.5 Å². The highest BCUT2D eigenvalue weighted by Crippen LogP contribution is 2.26. The van der Waals surface area contributed by atoms with Crippen LogP contribution in [-0.4, -0.2) is 18.4 Å². The zero-order chi connectivity index (χ0) is 20.6. The fraction of sp³-hybridized carbons (Fsp3) is 0.360. The number of carbonyl (C=O) groups excluding carboxylic acids is 2. The fourth-order valence-corrected chi connectivity index (χ4v) is 3.33. The number of para-hydroxylation sites is 1. The number of benzene rings is 2. The second-order valence-corrected chi connectivity index (χ2v) is 7.79. The Labute approximate surface area is 173 Å². The Kier molecular flexibility index (Phi) is 7.08. The Balaban J connectivity index is 1.67. The maximum Gasteiger partial charge on any atom is 0.227 e. The van der Waals surface area contributed by atoms with Gasteiger partial charge in [-0.25, -0.2) is 0 Å². The first-order valence-corrected chi connectivity index (χ1v) is 10.3. The maximum absolute atomic E-state index is 13.1. The Morgan fingerprint density at radius 3 is 2.48 bits per heavy atom. The van der Waals surface area contributed by atoms with Crippen LogP contribution >= 0.6 is 0 Å². The van der Waals surface area contributed by atoms with Crippen LogP contribution in [0.5, 0.6) is 0 Å². The molecule has 29 heavy (non-hydrogen) atoms. The summed E-state index contributed by atoms with van der Waals surface area (Å²) in [5.41, 5.74) is 3.67. The number of anilines is 1. The van der Waals surface area contributed by atoms with E-state index in [0.717, 1.165) is 28.8 Å². The van der Waals surface area contributed by atoms with Gasteiger partial charge in [0.05, 0.1) is 12.2 Å². The van der Waals surface area contributed by atoms with Crippen molar-refractivity contribution in [2.45, 2.75) is 46.1 Å². The van der Waals surface area contributed by atoms with Crippen molar-refractivity contribution in [1.29, 1.82) is 0 Å². The van der Waals surface area contributed by atoms with Crippen molar-refractivity contribution in [3.63, 3.8) is 0 Å². The second-order valence-electron chi connectivity index (χ2n) is 7.79. The number of fused-ring (bicyclic) bond motifs is 2. The lowest BCUT2D eigenvalue weighted by Crippen LogP contribution is -2.32. The van der Waals surface area contributed by atoms with E-state index in [0.29, 0.717) is 38.3 Å². The predicted octanol–water partition coefficient (Wildman–Crippen LogP) is 4.27. The van der Waals surface area contributed by atoms with Crippen LogP contribution in [0.4, 0.5) is 5.69 Å². The van der Waals surface area contributed by atoms with Gasteiger partial charge in [-0.1, -0.05) is 56.0 Å². The molecule has 0 spiro atoms. The number of nitrogens with one attached hydrogen (secondary N) is 1. The van der Waals surface area contributed by atoms with Crippen molar-refractivity contribution in [2.75, 3.05) is 11.4 Å². The molecule has 2 amide bonds. The number of hydrogen-bond donors (Lipinski definition) is 1. The summed E-state index contributed by atoms with van der Waals surface area (Å²) in [6.07, 6.45) is 2.21. The smallest absolute Gasteiger partial charge is 0.227 e. The number of carbonyl (C=O) groups is 2. The second kappa shape index (κ2) is 9.93. The zero-order valence-electron chi connectivity index (χ0n) is 17.2. The number of nitrogens with zero attached hydrogens (tertiary/aromatic N) is 1. The molecule has 1 aliphatic heterocycles. The Morgan fingerprint density at radius 2 is 1.69 bits per heavy atom. The zero-order valence-corrected chi connectivity index (χ0v) is 17.2. The van der Waals surface area contributed by atoms with Crippen LogP contribution in [0.15, 0.2) is 48.5 Å². The van der Waals surface area contributed by atoms with Crippen LogP contribution in [0, 0.1) is 17.8 Å². The molecule has 3 rings (SSSR count). The molecule has 0 aliphatic carbocycles. The molecular weight excluding hydrogens is 360 g/mol. The molecule has 2 aromatic rings. The van der Waals surface area contributed by atoms with Gasteiger partial charge in [0.1, 0.15) is 0 Å². The van der Waals surface area contributed by atoms with Gasteiger partial charge in [-0.15, -0.1) is 0 Å². The molecule has 1 N–H and O–H groups in total. The van der Waals surface area contributed by atoms with Gasteiger partial charge in [0.15, 0.2) is 0 Å². The van der Waals surface area contributed by atoms with Gasteiger partial charge < -0.3 is 10.2 Å². The molecule has 0 fully saturated rings. The average Bonchev–Trinajstić information content (AvgIpc) is 2.69. The minimum absolute atomic E-state index is 0.0164. The normalized spacial score (nSPS) is 12.2. The van der Waals surface area contributed by atoms with Crippen molar-refractivity contribution in [3.05, 3.63) is 65.2 Å². The maximum atomic E-state index is 13.1. The highest BCUT2D eigenvalue weighted by molar-refractivity contribution is 5.95. The molecule has 1 heterocycles. The summed E-state index contributed by atoms with van der Waals surface area (Å²) >= 11 is 0. The summed E-state index contributed by atoms with van der Waals surface area (Å²) in [6.45, 7) is 5.45. The highest BCUT2D eigenvalue weighted by atomic mass is 16.2. The third-order valence-corrected chi connectivity index (χ3v) is 5.01. The van der Waals surface area contributed by atoms with E-state index in [1.165, 1.54) is 0 Å². The van der Waals surface area contributed by atoms with E-state index in [1.54, 1.807) is 4.90 Å². The van der Waals surface area contributed by atoms with Gasteiger partial charge in [-0.05, 0) is 42.5 Å². The van der Waals surface area contributed by atoms with Crippen LogP contribution in [-0.2, 0) is 16.1 Å². The van der Waals surface area contributed by atoms with Crippen LogP contribution in [0.3, 0.4) is 0 Å². The summed E-state index contributed by atoms with van der Waals surface area (Å²) in [7, 11) is 0. The van der Waals surface area contributed by atoms with Gasteiger partial charge in [-0.2, -0.15) is 0 Å². The van der Waals surface area contributed by atoms with Crippen molar-refractivity contribution in [2.24, 2.45) is 5.92 Å². The molecule has 0 unspecified atom stereocenters. The minimum atomic E-state index is 0.0164. The molecule has 0 saturated heterocycles. The first-order chi connectivity index (χ1) is 14.0. The topological polar surface area (TPSA) is 49.4 Å². The molecule has 0 atom stereocenters. The van der Waals surface area contributed by atoms with E-state index in [1.807, 2.05) is 48.5 Å². The average molecular weight is 389 g/mol. The Morgan fingerprint density at radius 1 is 1.00 bits per heavy atom. The molecule has 4 heteroatoms. The van der Waals surface area contributed by atoms with Gasteiger partial charge >= 0.3 is 0 Å². The van der Waals surface area contributed by atoms with Crippen LogP contribution in [0.1, 0.15) is 56.2 Å². The quantitative estimate of drug-likeness (QED) is 0.721. The third-order valence-electron chi connectivity index (χ3n) is 5.01. The van der Waals surface area contributed by atoms with E-state index < -0.39 is 0 Å². The SMILES string of the molecule is CC(C)CCNC(=O)CCCC(=O)N1Cc2ccccc2C#Cc2ccccc21. The monoisotopic (exact) mass is 388 g/mol. The summed E-state index contributed by atoms with van der Waals surface area (Å²) in [5, 5.41) is 2.93. The third kappa shape index (κ3) is 5.71. The van der Waals surface area contributed by atoms with Gasteiger partial charge in [0.25, 0.3) is 0 Å². The Bertz CT molecular complexity index is 937. The molecule has 0 bridgehead atoms. The van der Waals surface area contributed by atoms with E-state index in [4.69, 9.17) is 0 Å². The lowest BCUT2D eigenvalue weighted by Gasteiger charge is -2.26. The summed E-state index contributed by atoms with van der Waals surface area (Å²) < 4.78 is 0. The molecule has 1 aliphatic rings. The molecule has 0 aromatic heterocycles. The highest BCUT2D eigenvalue weighted by Gasteiger charge is 2.21. The van der Waals surface area contributed by atoms with Crippen LogP contribution in [0.2, 0.25) is 0 Å². The van der Waals surface area contributed by atoms with Gasteiger partial charge in [0.2, 0.25) is 11.8 Å². The number of rotatable bonds is 7. The van der Waals surface area contributed by atoms with Crippen LogP contribution in [0.25, 0.3) is 0 Å². The van der Waals surface area contributed by atoms with Crippen molar-refractivity contribution >= 4 is 17.5 Å². The predicted molar refractivity (Wildman–Crippen MR) is 116 cm³/mol. The number of amides is 2. The molecule has 0 radical (unpaired) electrons. The van der Waals surface area contributed by atoms with Crippen molar-refractivity contribution < 1.29 is 9.59 Å². The minimum Gasteiger partial charge on any atom is -0.356 e. The molecule has 4 nitrogen and oxygen atoms in total. The first kappa shape index (κ1) is 20.7. The van der Waals surface area contributed by atoms with Gasteiger partial charge in [-0.3, -0.25) is 9.59 Å². The largest absolute Gasteiger partial charge is 0.356 e. The number of hydrogen-bond acceptors (Lipinski definition) is 2. The lowest BCUT2D eigenvalue weighted by molar-refractivity contribution is -0.121. The fourth-order valence-electron chi connectivity index (χ4n) is 3.33. The summed E-state index contributed by atoms with van der Waals surface area (Å²) in [5.74, 6) is 7.03. The van der Waals surface area contributed by atoms with E-state index in [2.05, 4.69) is 31.0 Å². The summed E-state index contributed by atoms with van der Waals surface area (Å²) in [6, 6.07) is 15.7. The lowest BCUT2D eigenvalue weighted by atomic mass is 10.0. The molecular formula is C25H28N2O2. The van der Waals surface area contributed by atoms with E-state index in [-0.39, 0.29) is 11.8 Å². The van der Waals surface area contributed by atoms with E-state index >= 15 is 0 Å². The Hall–Kier alpha value is -3.06. The van der Waals surface area contributed by atoms with Crippen molar-refractivity contribution in [3.8, 4) is 11.8 Å². The molecule has 2 aromatic carbocycles. The summed E-state index contributed by atoms with van der Waals surface area (Å²) in [4.78, 5) is 26.9. The molecule has 0 saturated carbocycles. The van der Waals surface area contributed by atoms with Crippen LogP contribution < -0.4 is 10.2 Å². The first-order valence-electron chi connectivity index (χ1n) is 10.3.